The first-order valence-corrected chi connectivity index (χ1v) is 6.81. The minimum Gasteiger partial charge on any atom is -0.507 e. The van der Waals surface area contributed by atoms with Crippen molar-refractivity contribution in [2.75, 3.05) is 19.7 Å². The number of phenols is 1. The molecule has 104 valence electrons. The number of hydrogen-bond donors (Lipinski definition) is 2. The van der Waals surface area contributed by atoms with Crippen molar-refractivity contribution in [1.82, 2.24) is 4.90 Å². The number of hydrogen-bond acceptors (Lipinski definition) is 3. The van der Waals surface area contributed by atoms with E-state index < -0.39 is 0 Å². The topological polar surface area (TPSA) is 60.8 Å². The second-order valence-corrected chi connectivity index (χ2v) is 5.29. The zero-order chi connectivity index (χ0) is 13.8. The number of amides is 1. The lowest BCUT2D eigenvalue weighted by atomic mass is 9.94. The number of rotatable bonds is 3. The fraction of sp³-hybridized carbons (Fsp3) is 0.533. The van der Waals surface area contributed by atoms with Gasteiger partial charge in [0.25, 0.3) is 5.91 Å². The molecule has 1 unspecified atom stereocenters. The first kappa shape index (κ1) is 13.9. The summed E-state index contributed by atoms with van der Waals surface area (Å²) in [4.78, 5) is 14.2. The van der Waals surface area contributed by atoms with Crippen LogP contribution in [-0.2, 0) is 0 Å². The second-order valence-electron chi connectivity index (χ2n) is 5.29. The number of phenolic OH excluding ortho intramolecular Hbond substituents is 1. The zero-order valence-corrected chi connectivity index (χ0v) is 11.3. The van der Waals surface area contributed by atoms with Crippen molar-refractivity contribution in [2.24, 2.45) is 5.92 Å². The van der Waals surface area contributed by atoms with Crippen LogP contribution < -0.4 is 0 Å². The van der Waals surface area contributed by atoms with Gasteiger partial charge in [-0.15, -0.1) is 0 Å². The predicted molar refractivity (Wildman–Crippen MR) is 73.2 cm³/mol. The van der Waals surface area contributed by atoms with E-state index in [1.54, 1.807) is 17.0 Å². The summed E-state index contributed by atoms with van der Waals surface area (Å²) < 4.78 is 0. The molecule has 0 spiro atoms. The van der Waals surface area contributed by atoms with E-state index in [9.17, 15) is 9.90 Å². The van der Waals surface area contributed by atoms with Crippen LogP contribution in [0.5, 0.6) is 5.75 Å². The molecule has 1 aromatic rings. The Morgan fingerprint density at radius 1 is 1.47 bits per heavy atom. The number of aryl methyl sites for hydroxylation is 1. The number of aliphatic hydroxyl groups excluding tert-OH is 1. The minimum atomic E-state index is -0.111. The van der Waals surface area contributed by atoms with Crippen LogP contribution in [0.1, 0.15) is 35.2 Å². The summed E-state index contributed by atoms with van der Waals surface area (Å²) in [5.41, 5.74) is 1.31. The molecule has 19 heavy (non-hydrogen) atoms. The molecule has 1 aromatic carbocycles. The highest BCUT2D eigenvalue weighted by atomic mass is 16.3. The van der Waals surface area contributed by atoms with E-state index in [0.717, 1.165) is 31.4 Å². The molecule has 1 saturated heterocycles. The molecule has 0 aromatic heterocycles. The van der Waals surface area contributed by atoms with Gasteiger partial charge >= 0.3 is 0 Å². The molecule has 2 rings (SSSR count). The van der Waals surface area contributed by atoms with Gasteiger partial charge < -0.3 is 15.1 Å². The Bertz CT molecular complexity index is 457. The molecule has 1 heterocycles. The van der Waals surface area contributed by atoms with Gasteiger partial charge in [-0.05, 0) is 49.8 Å². The number of benzene rings is 1. The summed E-state index contributed by atoms with van der Waals surface area (Å²) in [6, 6.07) is 5.13. The lowest BCUT2D eigenvalue weighted by Gasteiger charge is -2.32. The quantitative estimate of drug-likeness (QED) is 0.876. The maximum Gasteiger partial charge on any atom is 0.257 e. The third-order valence-corrected chi connectivity index (χ3v) is 3.73. The van der Waals surface area contributed by atoms with Gasteiger partial charge in [-0.3, -0.25) is 4.79 Å². The van der Waals surface area contributed by atoms with Crippen molar-refractivity contribution >= 4 is 5.91 Å². The van der Waals surface area contributed by atoms with Crippen molar-refractivity contribution in [1.29, 1.82) is 0 Å². The molecule has 1 fully saturated rings. The standard InChI is InChI=1S/C15H21NO3/c1-11-4-5-13(14(18)9-11)15(19)16-7-2-3-12(10-16)6-8-17/h4-5,9,12,17-18H,2-3,6-8,10H2,1H3. The highest BCUT2D eigenvalue weighted by Crippen LogP contribution is 2.24. The lowest BCUT2D eigenvalue weighted by Crippen LogP contribution is -2.40. The second kappa shape index (κ2) is 6.06. The van der Waals surface area contributed by atoms with Gasteiger partial charge in [0.05, 0.1) is 5.56 Å². The van der Waals surface area contributed by atoms with Crippen LogP contribution >= 0.6 is 0 Å². The Morgan fingerprint density at radius 3 is 2.95 bits per heavy atom. The molecule has 0 aliphatic carbocycles. The predicted octanol–water partition coefficient (Wildman–Crippen LogP) is 1.94. The van der Waals surface area contributed by atoms with Gasteiger partial charge in [0.15, 0.2) is 0 Å². The number of likely N-dealkylation sites (tertiary alicyclic amines) is 1. The number of carbonyl (C=O) groups is 1. The first-order chi connectivity index (χ1) is 9.11. The van der Waals surface area contributed by atoms with Gasteiger partial charge in [-0.25, -0.2) is 0 Å². The van der Waals surface area contributed by atoms with Gasteiger partial charge in [0.1, 0.15) is 5.75 Å². The highest BCUT2D eigenvalue weighted by Gasteiger charge is 2.25. The third-order valence-electron chi connectivity index (χ3n) is 3.73. The van der Waals surface area contributed by atoms with Crippen LogP contribution in [0.4, 0.5) is 0 Å². The molecule has 2 N–H and O–H groups in total. The van der Waals surface area contributed by atoms with E-state index in [2.05, 4.69) is 0 Å². The number of carbonyl (C=O) groups excluding carboxylic acids is 1. The normalized spacial score (nSPS) is 19.5. The molecule has 1 amide bonds. The van der Waals surface area contributed by atoms with Crippen LogP contribution in [0, 0.1) is 12.8 Å². The summed E-state index contributed by atoms with van der Waals surface area (Å²) in [5.74, 6) is 0.310. The molecule has 0 bridgehead atoms. The molecule has 0 radical (unpaired) electrons. The molecular formula is C15H21NO3. The fourth-order valence-corrected chi connectivity index (χ4v) is 2.66. The summed E-state index contributed by atoms with van der Waals surface area (Å²) in [6.07, 6.45) is 2.76. The summed E-state index contributed by atoms with van der Waals surface area (Å²) in [7, 11) is 0. The fourth-order valence-electron chi connectivity index (χ4n) is 2.66. The maximum absolute atomic E-state index is 12.4. The van der Waals surface area contributed by atoms with Crippen LogP contribution in [-0.4, -0.2) is 40.7 Å². The Kier molecular flexibility index (Phi) is 4.43. The van der Waals surface area contributed by atoms with E-state index in [1.807, 2.05) is 13.0 Å². The Balaban J connectivity index is 2.10. The smallest absolute Gasteiger partial charge is 0.257 e. The molecule has 4 nitrogen and oxygen atoms in total. The van der Waals surface area contributed by atoms with E-state index >= 15 is 0 Å². The van der Waals surface area contributed by atoms with Crippen molar-refractivity contribution in [3.63, 3.8) is 0 Å². The van der Waals surface area contributed by atoms with Crippen LogP contribution in [0.15, 0.2) is 18.2 Å². The number of piperidine rings is 1. The number of aromatic hydroxyl groups is 1. The Hall–Kier alpha value is -1.55. The largest absolute Gasteiger partial charge is 0.507 e. The zero-order valence-electron chi connectivity index (χ0n) is 11.3. The van der Waals surface area contributed by atoms with E-state index in [1.165, 1.54) is 0 Å². The number of aliphatic hydroxyl groups is 1. The Morgan fingerprint density at radius 2 is 2.26 bits per heavy atom. The molecule has 4 heteroatoms. The Labute approximate surface area is 113 Å². The van der Waals surface area contributed by atoms with Crippen molar-refractivity contribution in [3.8, 4) is 5.75 Å². The monoisotopic (exact) mass is 263 g/mol. The van der Waals surface area contributed by atoms with Gasteiger partial charge in [0, 0.05) is 19.7 Å². The lowest BCUT2D eigenvalue weighted by molar-refractivity contribution is 0.0650. The van der Waals surface area contributed by atoms with Crippen LogP contribution in [0.2, 0.25) is 0 Å². The average Bonchev–Trinajstić information content (AvgIpc) is 2.39. The van der Waals surface area contributed by atoms with E-state index in [0.29, 0.717) is 18.0 Å². The van der Waals surface area contributed by atoms with Crippen molar-refractivity contribution < 1.29 is 15.0 Å². The van der Waals surface area contributed by atoms with Gasteiger partial charge in [-0.1, -0.05) is 6.07 Å². The van der Waals surface area contributed by atoms with Gasteiger partial charge in [0.2, 0.25) is 0 Å². The van der Waals surface area contributed by atoms with E-state index in [4.69, 9.17) is 5.11 Å². The molecular weight excluding hydrogens is 242 g/mol. The summed E-state index contributed by atoms with van der Waals surface area (Å²) >= 11 is 0. The number of nitrogens with zero attached hydrogens (tertiary/aromatic N) is 1. The van der Waals surface area contributed by atoms with E-state index in [-0.39, 0.29) is 18.3 Å². The summed E-state index contributed by atoms with van der Waals surface area (Å²) in [6.45, 7) is 3.45. The van der Waals surface area contributed by atoms with Gasteiger partial charge in [-0.2, -0.15) is 0 Å². The highest BCUT2D eigenvalue weighted by molar-refractivity contribution is 5.97. The molecule has 1 atom stereocenters. The molecule has 0 saturated carbocycles. The summed E-state index contributed by atoms with van der Waals surface area (Å²) in [5, 5.41) is 18.9. The van der Waals surface area contributed by atoms with Crippen LogP contribution in [0.25, 0.3) is 0 Å². The molecule has 1 aliphatic heterocycles. The molecule has 1 aliphatic rings. The third kappa shape index (κ3) is 3.26. The minimum absolute atomic E-state index is 0.0503. The van der Waals surface area contributed by atoms with Crippen molar-refractivity contribution in [3.05, 3.63) is 29.3 Å². The van der Waals surface area contributed by atoms with Crippen LogP contribution in [0.3, 0.4) is 0 Å². The van der Waals surface area contributed by atoms with Crippen molar-refractivity contribution in [2.45, 2.75) is 26.2 Å². The average molecular weight is 263 g/mol. The SMILES string of the molecule is Cc1ccc(C(=O)N2CCCC(CCO)C2)c(O)c1. The maximum atomic E-state index is 12.4. The first-order valence-electron chi connectivity index (χ1n) is 6.81.